The monoisotopic (exact) mass is 320 g/mol. The van der Waals surface area contributed by atoms with E-state index in [1.807, 2.05) is 18.2 Å². The summed E-state index contributed by atoms with van der Waals surface area (Å²) in [5.74, 6) is 1.54. The van der Waals surface area contributed by atoms with E-state index in [0.29, 0.717) is 6.04 Å². The predicted octanol–water partition coefficient (Wildman–Crippen LogP) is 4.13. The molecule has 0 atom stereocenters. The third-order valence-corrected chi connectivity index (χ3v) is 2.99. The van der Waals surface area contributed by atoms with Gasteiger partial charge in [0.2, 0.25) is 0 Å². The second kappa shape index (κ2) is 6.68. The molecule has 2 aromatic rings. The molecule has 0 spiro atoms. The molecule has 1 aromatic heterocycles. The van der Waals surface area contributed by atoms with Crippen LogP contribution in [0.1, 0.15) is 19.4 Å². The Labute approximate surface area is 122 Å². The molecular weight excluding hydrogens is 304 g/mol. The highest BCUT2D eigenvalue weighted by atomic mass is 79.9. The van der Waals surface area contributed by atoms with E-state index < -0.39 is 0 Å². The molecule has 0 fully saturated rings. The van der Waals surface area contributed by atoms with E-state index in [1.165, 1.54) is 5.56 Å². The fourth-order valence-electron chi connectivity index (χ4n) is 1.58. The molecule has 0 unspecified atom stereocenters. The number of nitrogens with zero attached hydrogens (tertiary/aromatic N) is 1. The molecule has 1 heterocycles. The maximum absolute atomic E-state index is 5.73. The van der Waals surface area contributed by atoms with Crippen molar-refractivity contribution in [3.63, 3.8) is 0 Å². The highest BCUT2D eigenvalue weighted by Gasteiger charge is 2.00. The van der Waals surface area contributed by atoms with Gasteiger partial charge in [-0.25, -0.2) is 0 Å². The summed E-state index contributed by atoms with van der Waals surface area (Å²) >= 11 is 3.37. The Bertz CT molecular complexity index is 526. The van der Waals surface area contributed by atoms with Crippen molar-refractivity contribution in [2.24, 2.45) is 0 Å². The average molecular weight is 321 g/mol. The Morgan fingerprint density at radius 1 is 1.16 bits per heavy atom. The molecular formula is C15H17BrN2O. The summed E-state index contributed by atoms with van der Waals surface area (Å²) in [5, 5.41) is 3.38. The molecule has 0 aliphatic heterocycles. The van der Waals surface area contributed by atoms with Crippen molar-refractivity contribution >= 4 is 15.9 Å². The molecule has 19 heavy (non-hydrogen) atoms. The van der Waals surface area contributed by atoms with Gasteiger partial charge in [-0.1, -0.05) is 26.0 Å². The second-order valence-corrected chi connectivity index (χ2v) is 5.54. The van der Waals surface area contributed by atoms with Crippen LogP contribution in [0.4, 0.5) is 0 Å². The van der Waals surface area contributed by atoms with E-state index in [4.69, 9.17) is 4.74 Å². The molecule has 3 nitrogen and oxygen atoms in total. The first-order valence-corrected chi connectivity index (χ1v) is 7.03. The number of pyridine rings is 1. The molecule has 4 heteroatoms. The van der Waals surface area contributed by atoms with Gasteiger partial charge in [0.15, 0.2) is 0 Å². The Morgan fingerprint density at radius 2 is 1.89 bits per heavy atom. The lowest BCUT2D eigenvalue weighted by atomic mass is 10.2. The summed E-state index contributed by atoms with van der Waals surface area (Å²) in [4.78, 5) is 4.06. The van der Waals surface area contributed by atoms with E-state index in [-0.39, 0.29) is 0 Å². The number of aromatic nitrogens is 1. The first-order valence-electron chi connectivity index (χ1n) is 6.24. The quantitative estimate of drug-likeness (QED) is 0.899. The minimum atomic E-state index is 0.490. The van der Waals surface area contributed by atoms with Crippen LogP contribution in [0.25, 0.3) is 0 Å². The van der Waals surface area contributed by atoms with Crippen LogP contribution in [-0.2, 0) is 6.54 Å². The lowest BCUT2D eigenvalue weighted by Gasteiger charge is -2.09. The number of rotatable bonds is 5. The van der Waals surface area contributed by atoms with Crippen molar-refractivity contribution in [1.82, 2.24) is 10.3 Å². The van der Waals surface area contributed by atoms with Gasteiger partial charge < -0.3 is 10.1 Å². The molecule has 2 rings (SSSR count). The zero-order valence-corrected chi connectivity index (χ0v) is 12.6. The summed E-state index contributed by atoms with van der Waals surface area (Å²) in [5.41, 5.74) is 1.24. The highest BCUT2D eigenvalue weighted by molar-refractivity contribution is 9.10. The standard InChI is InChI=1S/C15H17BrN2O/c1-11(2)18-8-12-3-5-14(6-4-12)19-15-7-13(16)9-17-10-15/h3-7,9-11,18H,8H2,1-2H3. The van der Waals surface area contributed by atoms with E-state index in [0.717, 1.165) is 22.5 Å². The Balaban J connectivity index is 1.98. The topological polar surface area (TPSA) is 34.1 Å². The average Bonchev–Trinajstić information content (AvgIpc) is 2.38. The Hall–Kier alpha value is -1.39. The normalized spacial score (nSPS) is 10.7. The van der Waals surface area contributed by atoms with Crippen LogP contribution < -0.4 is 10.1 Å². The number of halogens is 1. The van der Waals surface area contributed by atoms with Gasteiger partial charge in [0.25, 0.3) is 0 Å². The molecule has 0 saturated carbocycles. The van der Waals surface area contributed by atoms with Crippen molar-refractivity contribution < 1.29 is 4.74 Å². The van der Waals surface area contributed by atoms with Gasteiger partial charge in [0.1, 0.15) is 11.5 Å². The lowest BCUT2D eigenvalue weighted by molar-refractivity contribution is 0.479. The van der Waals surface area contributed by atoms with Crippen LogP contribution in [0.2, 0.25) is 0 Å². The van der Waals surface area contributed by atoms with Crippen LogP contribution >= 0.6 is 15.9 Å². The molecule has 0 aliphatic rings. The van der Waals surface area contributed by atoms with Crippen molar-refractivity contribution in [3.05, 3.63) is 52.8 Å². The zero-order chi connectivity index (χ0) is 13.7. The third kappa shape index (κ3) is 4.65. The van der Waals surface area contributed by atoms with E-state index in [1.54, 1.807) is 12.4 Å². The Kier molecular flexibility index (Phi) is 4.93. The van der Waals surface area contributed by atoms with Crippen LogP contribution in [0.5, 0.6) is 11.5 Å². The largest absolute Gasteiger partial charge is 0.456 e. The molecule has 1 aromatic carbocycles. The van der Waals surface area contributed by atoms with E-state index in [9.17, 15) is 0 Å². The van der Waals surface area contributed by atoms with E-state index in [2.05, 4.69) is 52.2 Å². The minimum absolute atomic E-state index is 0.490. The SMILES string of the molecule is CC(C)NCc1ccc(Oc2cncc(Br)c2)cc1. The smallest absolute Gasteiger partial charge is 0.146 e. The van der Waals surface area contributed by atoms with Gasteiger partial charge >= 0.3 is 0 Å². The van der Waals surface area contributed by atoms with Crippen LogP contribution in [0.3, 0.4) is 0 Å². The number of ether oxygens (including phenoxy) is 1. The number of nitrogens with one attached hydrogen (secondary N) is 1. The van der Waals surface area contributed by atoms with Gasteiger partial charge in [-0.15, -0.1) is 0 Å². The predicted molar refractivity (Wildman–Crippen MR) is 80.4 cm³/mol. The summed E-state index contributed by atoms with van der Waals surface area (Å²) in [6, 6.07) is 10.5. The van der Waals surface area contributed by atoms with Gasteiger partial charge in [-0.05, 0) is 39.7 Å². The molecule has 0 amide bonds. The fourth-order valence-corrected chi connectivity index (χ4v) is 1.93. The zero-order valence-electron chi connectivity index (χ0n) is 11.1. The van der Waals surface area contributed by atoms with Gasteiger partial charge in [0.05, 0.1) is 6.20 Å². The van der Waals surface area contributed by atoms with Crippen molar-refractivity contribution in [1.29, 1.82) is 0 Å². The molecule has 0 aliphatic carbocycles. The van der Waals surface area contributed by atoms with Crippen LogP contribution in [0.15, 0.2) is 47.2 Å². The number of hydrogen-bond acceptors (Lipinski definition) is 3. The third-order valence-electron chi connectivity index (χ3n) is 2.55. The van der Waals surface area contributed by atoms with Crippen molar-refractivity contribution in [2.45, 2.75) is 26.4 Å². The molecule has 1 N–H and O–H groups in total. The molecule has 100 valence electrons. The van der Waals surface area contributed by atoms with Crippen molar-refractivity contribution in [3.8, 4) is 11.5 Å². The van der Waals surface area contributed by atoms with Crippen LogP contribution in [-0.4, -0.2) is 11.0 Å². The van der Waals surface area contributed by atoms with Gasteiger partial charge in [0, 0.05) is 23.3 Å². The second-order valence-electron chi connectivity index (χ2n) is 4.62. The summed E-state index contributed by atoms with van der Waals surface area (Å²) in [6.07, 6.45) is 3.42. The molecule has 0 bridgehead atoms. The summed E-state index contributed by atoms with van der Waals surface area (Å²) in [6.45, 7) is 5.14. The van der Waals surface area contributed by atoms with Gasteiger partial charge in [-0.3, -0.25) is 4.98 Å². The first kappa shape index (κ1) is 14.0. The Morgan fingerprint density at radius 3 is 2.53 bits per heavy atom. The van der Waals surface area contributed by atoms with Gasteiger partial charge in [-0.2, -0.15) is 0 Å². The maximum atomic E-state index is 5.73. The minimum Gasteiger partial charge on any atom is -0.456 e. The van der Waals surface area contributed by atoms with E-state index >= 15 is 0 Å². The lowest BCUT2D eigenvalue weighted by Crippen LogP contribution is -2.21. The van der Waals surface area contributed by atoms with Crippen molar-refractivity contribution in [2.75, 3.05) is 0 Å². The number of hydrogen-bond donors (Lipinski definition) is 1. The maximum Gasteiger partial charge on any atom is 0.146 e. The van der Waals surface area contributed by atoms with Crippen LogP contribution in [0, 0.1) is 0 Å². The summed E-state index contributed by atoms with van der Waals surface area (Å²) < 4.78 is 6.63. The fraction of sp³-hybridized carbons (Fsp3) is 0.267. The molecule has 0 radical (unpaired) electrons. The molecule has 0 saturated heterocycles. The number of benzene rings is 1. The first-order chi connectivity index (χ1) is 9.13. The highest BCUT2D eigenvalue weighted by Crippen LogP contribution is 2.23. The summed E-state index contributed by atoms with van der Waals surface area (Å²) in [7, 11) is 0.